The summed E-state index contributed by atoms with van der Waals surface area (Å²) >= 11 is 0. The minimum atomic E-state index is -0.414. The quantitative estimate of drug-likeness (QED) is 0.197. The van der Waals surface area contributed by atoms with Crippen LogP contribution in [-0.4, -0.2) is 47.5 Å². The predicted molar refractivity (Wildman–Crippen MR) is 111 cm³/mol. The lowest BCUT2D eigenvalue weighted by molar-refractivity contribution is -0.384. The molecule has 0 radical (unpaired) electrons. The average Bonchev–Trinajstić information content (AvgIpc) is 2.60. The number of nitro benzene ring substituents is 1. The van der Waals surface area contributed by atoms with E-state index in [0.29, 0.717) is 32.1 Å². The topological polar surface area (TPSA) is 126 Å². The molecule has 2 rings (SSSR count). The van der Waals surface area contributed by atoms with Crippen molar-refractivity contribution in [2.45, 2.75) is 32.4 Å². The second-order valence-electron chi connectivity index (χ2n) is 5.87. The zero-order valence-corrected chi connectivity index (χ0v) is 17.0. The van der Waals surface area contributed by atoms with E-state index in [2.05, 4.69) is 15.6 Å². The highest BCUT2D eigenvalue weighted by atomic mass is 127. The predicted octanol–water partition coefficient (Wildman–Crippen LogP) is 1.81. The van der Waals surface area contributed by atoms with E-state index in [-0.39, 0.29) is 41.7 Å². The first-order chi connectivity index (χ1) is 12.0. The summed E-state index contributed by atoms with van der Waals surface area (Å²) in [5, 5.41) is 17.4. The summed E-state index contributed by atoms with van der Waals surface area (Å²) < 4.78 is 0. The van der Waals surface area contributed by atoms with Gasteiger partial charge in [-0.2, -0.15) is 0 Å². The Morgan fingerprint density at radius 3 is 2.69 bits per heavy atom. The van der Waals surface area contributed by atoms with Crippen LogP contribution in [0.2, 0.25) is 0 Å². The van der Waals surface area contributed by atoms with Gasteiger partial charge in [0.05, 0.1) is 11.5 Å². The van der Waals surface area contributed by atoms with Gasteiger partial charge in [-0.15, -0.1) is 24.0 Å². The third-order valence-electron chi connectivity index (χ3n) is 4.03. The van der Waals surface area contributed by atoms with Crippen LogP contribution in [0.25, 0.3) is 0 Å². The van der Waals surface area contributed by atoms with Gasteiger partial charge in [0, 0.05) is 37.8 Å². The molecule has 0 bridgehead atoms. The fourth-order valence-corrected chi connectivity index (χ4v) is 2.70. The number of halogens is 1. The molecule has 144 valence electrons. The second-order valence-corrected chi connectivity index (χ2v) is 5.87. The number of benzene rings is 1. The van der Waals surface area contributed by atoms with Crippen LogP contribution in [-0.2, 0) is 6.54 Å². The Bertz CT molecular complexity index is 647. The van der Waals surface area contributed by atoms with Gasteiger partial charge >= 0.3 is 6.03 Å². The number of nitrogens with zero attached hydrogens (tertiary/aromatic N) is 3. The summed E-state index contributed by atoms with van der Waals surface area (Å²) in [5.41, 5.74) is 6.12. The molecule has 1 aromatic rings. The summed E-state index contributed by atoms with van der Waals surface area (Å²) in [6, 6.07) is 6.28. The molecule has 0 unspecified atom stereocenters. The SMILES string of the molecule is CCNC(=NCc1cccc([N+](=O)[O-])c1)NC1CCN(C(N)=O)CC1.I. The van der Waals surface area contributed by atoms with Gasteiger partial charge in [0.2, 0.25) is 0 Å². The summed E-state index contributed by atoms with van der Waals surface area (Å²) in [7, 11) is 0. The van der Waals surface area contributed by atoms with Crippen LogP contribution in [0.15, 0.2) is 29.3 Å². The lowest BCUT2D eigenvalue weighted by Gasteiger charge is -2.32. The number of hydrogen-bond donors (Lipinski definition) is 3. The third-order valence-corrected chi connectivity index (χ3v) is 4.03. The number of hydrogen-bond acceptors (Lipinski definition) is 4. The minimum Gasteiger partial charge on any atom is -0.357 e. The van der Waals surface area contributed by atoms with Crippen LogP contribution in [0.3, 0.4) is 0 Å². The first kappa shape index (κ1) is 21.9. The first-order valence-corrected chi connectivity index (χ1v) is 8.32. The van der Waals surface area contributed by atoms with Crippen LogP contribution in [0.1, 0.15) is 25.3 Å². The van der Waals surface area contributed by atoms with E-state index in [0.717, 1.165) is 18.4 Å². The number of urea groups is 1. The molecule has 1 heterocycles. The number of aliphatic imine (C=N–C) groups is 1. The number of nitrogens with one attached hydrogen (secondary N) is 2. The molecule has 1 aliphatic heterocycles. The molecule has 26 heavy (non-hydrogen) atoms. The van der Waals surface area contributed by atoms with Gasteiger partial charge in [-0.3, -0.25) is 10.1 Å². The molecule has 1 aromatic carbocycles. The normalized spacial score (nSPS) is 15.1. The highest BCUT2D eigenvalue weighted by Crippen LogP contribution is 2.14. The number of carbonyl (C=O) groups excluding carboxylic acids is 1. The van der Waals surface area contributed by atoms with Crippen LogP contribution in [0.4, 0.5) is 10.5 Å². The third kappa shape index (κ3) is 6.65. The monoisotopic (exact) mass is 476 g/mol. The lowest BCUT2D eigenvalue weighted by atomic mass is 10.1. The number of piperidine rings is 1. The number of rotatable bonds is 5. The lowest BCUT2D eigenvalue weighted by Crippen LogP contribution is -2.50. The van der Waals surface area contributed by atoms with Crippen LogP contribution in [0.5, 0.6) is 0 Å². The van der Waals surface area contributed by atoms with E-state index in [1.165, 1.54) is 12.1 Å². The highest BCUT2D eigenvalue weighted by Gasteiger charge is 2.21. The van der Waals surface area contributed by atoms with Gasteiger partial charge in [-0.1, -0.05) is 12.1 Å². The zero-order chi connectivity index (χ0) is 18.2. The van der Waals surface area contributed by atoms with Crippen LogP contribution in [0, 0.1) is 10.1 Å². The van der Waals surface area contributed by atoms with Crippen molar-refractivity contribution >= 4 is 41.7 Å². The van der Waals surface area contributed by atoms with Crippen molar-refractivity contribution in [3.05, 3.63) is 39.9 Å². The number of nitro groups is 1. The van der Waals surface area contributed by atoms with E-state index in [9.17, 15) is 14.9 Å². The van der Waals surface area contributed by atoms with Crippen molar-refractivity contribution < 1.29 is 9.72 Å². The molecule has 1 fully saturated rings. The van der Waals surface area contributed by atoms with E-state index < -0.39 is 4.92 Å². The fraction of sp³-hybridized carbons (Fsp3) is 0.500. The average molecular weight is 476 g/mol. The standard InChI is InChI=1S/C16H24N6O3.HI/c1-2-18-16(20-13-6-8-21(9-7-13)15(17)23)19-11-12-4-3-5-14(10-12)22(24)25;/h3-5,10,13H,2,6-9,11H2,1H3,(H2,17,23)(H2,18,19,20);1H. The molecule has 2 amide bonds. The summed E-state index contributed by atoms with van der Waals surface area (Å²) in [4.78, 5) is 27.7. The van der Waals surface area contributed by atoms with Crippen molar-refractivity contribution in [2.75, 3.05) is 19.6 Å². The van der Waals surface area contributed by atoms with Gasteiger partial charge in [0.15, 0.2) is 5.96 Å². The van der Waals surface area contributed by atoms with Crippen molar-refractivity contribution in [3.63, 3.8) is 0 Å². The molecule has 0 aliphatic carbocycles. The number of non-ortho nitro benzene ring substituents is 1. The molecular weight excluding hydrogens is 451 g/mol. The number of carbonyl (C=O) groups is 1. The molecule has 1 aliphatic rings. The number of guanidine groups is 1. The summed E-state index contributed by atoms with van der Waals surface area (Å²) in [5.74, 6) is 0.659. The smallest absolute Gasteiger partial charge is 0.314 e. The Morgan fingerprint density at radius 1 is 1.42 bits per heavy atom. The summed E-state index contributed by atoms with van der Waals surface area (Å²) in [6.45, 7) is 4.27. The molecule has 0 saturated carbocycles. The second kappa shape index (κ2) is 10.8. The number of nitrogens with two attached hydrogens (primary N) is 1. The number of likely N-dealkylation sites (tertiary alicyclic amines) is 1. The number of primary amides is 1. The van der Waals surface area contributed by atoms with Crippen LogP contribution < -0.4 is 16.4 Å². The number of amides is 2. The van der Waals surface area contributed by atoms with Crippen molar-refractivity contribution in [3.8, 4) is 0 Å². The molecule has 0 atom stereocenters. The molecule has 0 aromatic heterocycles. The van der Waals surface area contributed by atoms with Gasteiger partial charge in [0.1, 0.15) is 0 Å². The highest BCUT2D eigenvalue weighted by molar-refractivity contribution is 14.0. The van der Waals surface area contributed by atoms with E-state index in [4.69, 9.17) is 5.73 Å². The van der Waals surface area contributed by atoms with Crippen molar-refractivity contribution in [1.29, 1.82) is 0 Å². The maximum absolute atomic E-state index is 11.2. The van der Waals surface area contributed by atoms with Crippen molar-refractivity contribution in [2.24, 2.45) is 10.7 Å². The Kier molecular flexibility index (Phi) is 9.10. The molecule has 1 saturated heterocycles. The molecular formula is C16H25IN6O3. The van der Waals surface area contributed by atoms with Gasteiger partial charge in [0.25, 0.3) is 5.69 Å². The Hall–Kier alpha value is -2.11. The van der Waals surface area contributed by atoms with Gasteiger partial charge in [-0.05, 0) is 25.3 Å². The van der Waals surface area contributed by atoms with E-state index in [1.807, 2.05) is 13.0 Å². The van der Waals surface area contributed by atoms with Gasteiger partial charge < -0.3 is 21.3 Å². The maximum Gasteiger partial charge on any atom is 0.314 e. The van der Waals surface area contributed by atoms with Crippen molar-refractivity contribution in [1.82, 2.24) is 15.5 Å². The largest absolute Gasteiger partial charge is 0.357 e. The Balaban J connectivity index is 0.00000338. The summed E-state index contributed by atoms with van der Waals surface area (Å²) in [6.07, 6.45) is 1.59. The maximum atomic E-state index is 11.2. The molecule has 0 spiro atoms. The fourth-order valence-electron chi connectivity index (χ4n) is 2.70. The first-order valence-electron chi connectivity index (χ1n) is 8.32. The van der Waals surface area contributed by atoms with Gasteiger partial charge in [-0.25, -0.2) is 9.79 Å². The molecule has 4 N–H and O–H groups in total. The van der Waals surface area contributed by atoms with E-state index >= 15 is 0 Å². The Morgan fingerprint density at radius 2 is 2.12 bits per heavy atom. The van der Waals surface area contributed by atoms with E-state index in [1.54, 1.807) is 11.0 Å². The molecule has 10 heteroatoms. The zero-order valence-electron chi connectivity index (χ0n) is 14.7. The molecule has 9 nitrogen and oxygen atoms in total. The minimum absolute atomic E-state index is 0. The Labute approximate surface area is 169 Å². The van der Waals surface area contributed by atoms with Crippen LogP contribution >= 0.6 is 24.0 Å².